The lowest BCUT2D eigenvalue weighted by Crippen LogP contribution is -2.24. The molecule has 0 fully saturated rings. The molecule has 1 heterocycles. The normalized spacial score (nSPS) is 12.1. The van der Waals surface area contributed by atoms with Gasteiger partial charge in [-0.25, -0.2) is 4.39 Å². The molecule has 2 rings (SSSR count). The summed E-state index contributed by atoms with van der Waals surface area (Å²) in [5.74, 6) is -0.0647. The van der Waals surface area contributed by atoms with E-state index in [4.69, 9.17) is 4.74 Å². The quantitative estimate of drug-likeness (QED) is 0.846. The van der Waals surface area contributed by atoms with Crippen molar-refractivity contribution in [1.29, 1.82) is 0 Å². The highest BCUT2D eigenvalue weighted by Gasteiger charge is 2.14. The van der Waals surface area contributed by atoms with Crippen molar-refractivity contribution >= 4 is 0 Å². The van der Waals surface area contributed by atoms with Crippen LogP contribution in [0.1, 0.15) is 30.6 Å². The lowest BCUT2D eigenvalue weighted by Gasteiger charge is -2.19. The van der Waals surface area contributed by atoms with Gasteiger partial charge in [0.2, 0.25) is 0 Å². The fourth-order valence-corrected chi connectivity index (χ4v) is 2.25. The van der Waals surface area contributed by atoms with E-state index in [-0.39, 0.29) is 17.6 Å². The highest BCUT2D eigenvalue weighted by Crippen LogP contribution is 2.24. The second kappa shape index (κ2) is 7.74. The number of hydrogen-bond acceptors (Lipinski definition) is 3. The summed E-state index contributed by atoms with van der Waals surface area (Å²) in [5.41, 5.74) is 2.02. The van der Waals surface area contributed by atoms with Crippen LogP contribution in [0, 0.1) is 5.82 Å². The molecule has 1 atom stereocenters. The van der Waals surface area contributed by atoms with E-state index in [9.17, 15) is 4.39 Å². The first-order valence-corrected chi connectivity index (χ1v) is 7.21. The van der Waals surface area contributed by atoms with Crippen molar-refractivity contribution in [2.45, 2.75) is 25.8 Å². The van der Waals surface area contributed by atoms with Crippen LogP contribution in [-0.4, -0.2) is 18.6 Å². The highest BCUT2D eigenvalue weighted by atomic mass is 19.1. The van der Waals surface area contributed by atoms with Gasteiger partial charge in [-0.05, 0) is 42.8 Å². The molecular weight excluding hydrogens is 267 g/mol. The maximum absolute atomic E-state index is 13.6. The third-order valence-corrected chi connectivity index (χ3v) is 3.36. The molecule has 112 valence electrons. The fourth-order valence-electron chi connectivity index (χ4n) is 2.25. The van der Waals surface area contributed by atoms with Gasteiger partial charge in [-0.15, -0.1) is 0 Å². The number of ether oxygens (including phenoxy) is 1. The number of methoxy groups -OCH3 is 1. The molecule has 1 unspecified atom stereocenters. The zero-order chi connectivity index (χ0) is 15.1. The Morgan fingerprint density at radius 2 is 2.14 bits per heavy atom. The van der Waals surface area contributed by atoms with Gasteiger partial charge in [-0.1, -0.05) is 19.1 Å². The monoisotopic (exact) mass is 288 g/mol. The minimum absolute atomic E-state index is 0.0920. The number of hydrogen-bond donors (Lipinski definition) is 1. The van der Waals surface area contributed by atoms with Crippen molar-refractivity contribution in [2.75, 3.05) is 13.7 Å². The van der Waals surface area contributed by atoms with Crippen molar-refractivity contribution in [3.63, 3.8) is 0 Å². The van der Waals surface area contributed by atoms with E-state index in [0.717, 1.165) is 30.6 Å². The highest BCUT2D eigenvalue weighted by molar-refractivity contribution is 5.32. The molecular formula is C17H21FN2O. The van der Waals surface area contributed by atoms with Crippen LogP contribution in [0.2, 0.25) is 0 Å². The van der Waals surface area contributed by atoms with Crippen LogP contribution < -0.4 is 10.1 Å². The summed E-state index contributed by atoms with van der Waals surface area (Å²) in [6.45, 7) is 3.02. The second-order valence-electron chi connectivity index (χ2n) is 4.93. The van der Waals surface area contributed by atoms with E-state index in [1.165, 1.54) is 13.2 Å². The molecule has 2 aromatic rings. The Morgan fingerprint density at radius 1 is 1.29 bits per heavy atom. The number of rotatable bonds is 7. The summed E-state index contributed by atoms with van der Waals surface area (Å²) in [6, 6.07) is 11.0. The molecule has 0 aliphatic carbocycles. The smallest absolute Gasteiger partial charge is 0.165 e. The zero-order valence-electron chi connectivity index (χ0n) is 12.5. The summed E-state index contributed by atoms with van der Waals surface area (Å²) in [6.07, 6.45) is 3.59. The van der Waals surface area contributed by atoms with Crippen molar-refractivity contribution in [3.8, 4) is 5.75 Å². The van der Waals surface area contributed by atoms with Gasteiger partial charge in [0.15, 0.2) is 11.6 Å². The van der Waals surface area contributed by atoms with Gasteiger partial charge >= 0.3 is 0 Å². The van der Waals surface area contributed by atoms with E-state index < -0.39 is 0 Å². The molecule has 0 aliphatic rings. The molecule has 1 aromatic carbocycles. The maximum Gasteiger partial charge on any atom is 0.165 e. The lowest BCUT2D eigenvalue weighted by atomic mass is 10.0. The Hall–Kier alpha value is -1.94. The standard InChI is InChI=1S/C17H21FN2O/c1-3-9-20-16(12-14-6-4-5-10-19-14)13-7-8-15(18)17(11-13)21-2/h4-8,10-11,16,20H,3,9,12H2,1-2H3. The average Bonchev–Trinajstić information content (AvgIpc) is 2.53. The van der Waals surface area contributed by atoms with Crippen LogP contribution in [-0.2, 0) is 6.42 Å². The molecule has 0 radical (unpaired) electrons. The number of nitrogens with one attached hydrogen (secondary N) is 1. The number of pyridine rings is 1. The van der Waals surface area contributed by atoms with E-state index >= 15 is 0 Å². The van der Waals surface area contributed by atoms with Crippen LogP contribution in [0.25, 0.3) is 0 Å². The molecule has 0 saturated heterocycles. The van der Waals surface area contributed by atoms with Gasteiger partial charge < -0.3 is 10.1 Å². The van der Waals surface area contributed by atoms with Gasteiger partial charge in [-0.2, -0.15) is 0 Å². The van der Waals surface area contributed by atoms with Gasteiger partial charge in [0.1, 0.15) is 0 Å². The Morgan fingerprint density at radius 3 is 2.81 bits per heavy atom. The van der Waals surface area contributed by atoms with Crippen LogP contribution in [0.3, 0.4) is 0 Å². The molecule has 0 bridgehead atoms. The number of aromatic nitrogens is 1. The Kier molecular flexibility index (Phi) is 5.69. The molecule has 4 heteroatoms. The lowest BCUT2D eigenvalue weighted by molar-refractivity contribution is 0.384. The predicted molar refractivity (Wildman–Crippen MR) is 81.9 cm³/mol. The summed E-state index contributed by atoms with van der Waals surface area (Å²) < 4.78 is 18.6. The molecule has 1 N–H and O–H groups in total. The molecule has 3 nitrogen and oxygen atoms in total. The fraction of sp³-hybridized carbons (Fsp3) is 0.353. The van der Waals surface area contributed by atoms with Crippen molar-refractivity contribution in [3.05, 3.63) is 59.7 Å². The maximum atomic E-state index is 13.6. The van der Waals surface area contributed by atoms with E-state index in [0.29, 0.717) is 0 Å². The summed E-state index contributed by atoms with van der Waals surface area (Å²) in [4.78, 5) is 4.37. The number of nitrogens with zero attached hydrogens (tertiary/aromatic N) is 1. The second-order valence-corrected chi connectivity index (χ2v) is 4.93. The first kappa shape index (κ1) is 15.4. The van der Waals surface area contributed by atoms with E-state index in [2.05, 4.69) is 17.2 Å². The van der Waals surface area contributed by atoms with E-state index in [1.807, 2.05) is 18.2 Å². The summed E-state index contributed by atoms with van der Waals surface area (Å²) in [7, 11) is 1.48. The van der Waals surface area contributed by atoms with Crippen molar-refractivity contribution in [1.82, 2.24) is 10.3 Å². The van der Waals surface area contributed by atoms with Crippen molar-refractivity contribution < 1.29 is 9.13 Å². The number of halogens is 1. The molecule has 0 spiro atoms. The minimum atomic E-state index is -0.340. The van der Waals surface area contributed by atoms with Crippen molar-refractivity contribution in [2.24, 2.45) is 0 Å². The van der Waals surface area contributed by atoms with Crippen LogP contribution >= 0.6 is 0 Å². The molecule has 1 aromatic heterocycles. The molecule has 0 saturated carbocycles. The number of benzene rings is 1. The van der Waals surface area contributed by atoms with Crippen LogP contribution in [0.4, 0.5) is 4.39 Å². The Balaban J connectivity index is 2.22. The third-order valence-electron chi connectivity index (χ3n) is 3.36. The van der Waals surface area contributed by atoms with Gasteiger partial charge in [0.05, 0.1) is 7.11 Å². The molecule has 0 amide bonds. The van der Waals surface area contributed by atoms with Crippen LogP contribution in [0.15, 0.2) is 42.6 Å². The van der Waals surface area contributed by atoms with Crippen LogP contribution in [0.5, 0.6) is 5.75 Å². The predicted octanol–water partition coefficient (Wildman–Crippen LogP) is 3.51. The third kappa shape index (κ3) is 4.26. The summed E-state index contributed by atoms with van der Waals surface area (Å²) >= 11 is 0. The van der Waals surface area contributed by atoms with E-state index in [1.54, 1.807) is 18.3 Å². The topological polar surface area (TPSA) is 34.2 Å². The first-order chi connectivity index (χ1) is 10.2. The largest absolute Gasteiger partial charge is 0.494 e. The Labute approximate surface area is 125 Å². The zero-order valence-corrected chi connectivity index (χ0v) is 12.5. The van der Waals surface area contributed by atoms with Gasteiger partial charge in [0, 0.05) is 24.4 Å². The first-order valence-electron chi connectivity index (χ1n) is 7.21. The van der Waals surface area contributed by atoms with Gasteiger partial charge in [0.25, 0.3) is 0 Å². The van der Waals surface area contributed by atoms with Gasteiger partial charge in [-0.3, -0.25) is 4.98 Å². The molecule has 0 aliphatic heterocycles. The molecule has 21 heavy (non-hydrogen) atoms. The average molecular weight is 288 g/mol. The summed E-state index contributed by atoms with van der Waals surface area (Å²) in [5, 5.41) is 3.49. The SMILES string of the molecule is CCCNC(Cc1ccccn1)c1ccc(F)c(OC)c1. The Bertz CT molecular complexity index is 560. The minimum Gasteiger partial charge on any atom is -0.494 e.